The van der Waals surface area contributed by atoms with Gasteiger partial charge in [-0.3, -0.25) is 0 Å². The summed E-state index contributed by atoms with van der Waals surface area (Å²) in [5, 5.41) is 0. The van der Waals surface area contributed by atoms with Gasteiger partial charge in [-0.25, -0.2) is 0 Å². The first kappa shape index (κ1) is 7.31. The van der Waals surface area contributed by atoms with Crippen LogP contribution in [0.5, 0.6) is 0 Å². The van der Waals surface area contributed by atoms with Crippen molar-refractivity contribution >= 4 is 41.0 Å². The van der Waals surface area contributed by atoms with Gasteiger partial charge in [0, 0.05) is 7.11 Å². The van der Waals surface area contributed by atoms with Crippen molar-refractivity contribution in [2.24, 2.45) is 0 Å². The average molecular weight is 158 g/mol. The molecule has 0 rings (SSSR count). The van der Waals surface area contributed by atoms with Crippen LogP contribution in [0.2, 0.25) is 0 Å². The zero-order valence-corrected chi connectivity index (χ0v) is 6.42. The fraction of sp³-hybridized carbons (Fsp3) is 1.00. The zero-order chi connectivity index (χ0) is 5.21. The highest BCUT2D eigenvalue weighted by Crippen LogP contribution is 2.39. The Morgan fingerprint density at radius 3 is 1.83 bits per heavy atom. The number of rotatable bonds is 1. The monoisotopic (exact) mass is 158 g/mol. The Morgan fingerprint density at radius 1 is 1.67 bits per heavy atom. The molecule has 0 amide bonds. The predicted octanol–water partition coefficient (Wildman–Crippen LogP) is 0.951. The maximum absolute atomic E-state index is 4.50. The van der Waals surface area contributed by atoms with Crippen LogP contribution in [0, 0.1) is 0 Å². The van der Waals surface area contributed by atoms with E-state index >= 15 is 0 Å². The van der Waals surface area contributed by atoms with Crippen LogP contribution in [0.3, 0.4) is 0 Å². The molecule has 0 heterocycles. The first-order chi connectivity index (χ1) is 2.56. The molecule has 0 aromatic heterocycles. The van der Waals surface area contributed by atoms with Gasteiger partial charge < -0.3 is 29.0 Å². The van der Waals surface area contributed by atoms with Gasteiger partial charge in [0.1, 0.15) is 0 Å². The van der Waals surface area contributed by atoms with Crippen molar-refractivity contribution in [2.75, 3.05) is 7.11 Å². The molecular weight excluding hydrogens is 155 g/mol. The van der Waals surface area contributed by atoms with Crippen LogP contribution in [-0.2, 0) is 40.8 Å². The van der Waals surface area contributed by atoms with Gasteiger partial charge in [-0.05, 0) is 0 Å². The van der Waals surface area contributed by atoms with Gasteiger partial charge in [-0.2, -0.15) is 4.67 Å². The van der Waals surface area contributed by atoms with Gasteiger partial charge in [-0.1, -0.05) is 0 Å². The van der Waals surface area contributed by atoms with Gasteiger partial charge in [0.05, 0.1) is 0 Å². The van der Waals surface area contributed by atoms with Crippen molar-refractivity contribution in [2.45, 2.75) is 0 Å². The Bertz CT molecular complexity index is 74.9. The smallest absolute Gasteiger partial charge is 0.0358 e. The van der Waals surface area contributed by atoms with Crippen LogP contribution in [0.15, 0.2) is 0 Å². The van der Waals surface area contributed by atoms with E-state index < -0.39 is 4.67 Å². The second kappa shape index (κ2) is 2.58. The normalized spacial score (nSPS) is 11.8. The molecule has 6 heavy (non-hydrogen) atoms. The van der Waals surface area contributed by atoms with Crippen molar-refractivity contribution in [3.8, 4) is 0 Å². The predicted molar refractivity (Wildman–Crippen MR) is 36.0 cm³/mol. The van der Waals surface area contributed by atoms with E-state index in [1.54, 1.807) is 0 Å². The lowest BCUT2D eigenvalue weighted by molar-refractivity contribution is 0.481. The van der Waals surface area contributed by atoms with E-state index in [-0.39, 0.29) is 0 Å². The van der Waals surface area contributed by atoms with Gasteiger partial charge in [0.15, 0.2) is 0 Å². The lowest BCUT2D eigenvalue weighted by atomic mass is 11.8. The summed E-state index contributed by atoms with van der Waals surface area (Å²) in [5.74, 6) is 0. The summed E-state index contributed by atoms with van der Waals surface area (Å²) < 4.78 is 2.35. The van der Waals surface area contributed by atoms with Gasteiger partial charge in [0.2, 0.25) is 0 Å². The largest absolute Gasteiger partial charge is 0.744 e. The summed E-state index contributed by atoms with van der Waals surface area (Å²) in [6.07, 6.45) is 0. The maximum atomic E-state index is 4.50. The number of hydrogen-bond acceptors (Lipinski definition) is 4. The van der Waals surface area contributed by atoms with Gasteiger partial charge in [-0.15, -0.1) is 11.8 Å². The lowest BCUT2D eigenvalue weighted by Gasteiger charge is -2.33. The van der Waals surface area contributed by atoms with Crippen molar-refractivity contribution in [3.05, 3.63) is 0 Å². The molecule has 5 heteroatoms. The lowest BCUT2D eigenvalue weighted by Crippen LogP contribution is -1.68. The van der Waals surface area contributed by atoms with Crippen molar-refractivity contribution in [1.82, 2.24) is 0 Å². The first-order valence-corrected chi connectivity index (χ1v) is 5.89. The summed E-state index contributed by atoms with van der Waals surface area (Å²) in [6.45, 7) is 0. The minimum absolute atomic E-state index is 1.45. The van der Waals surface area contributed by atoms with E-state index in [0.717, 1.165) is 0 Å². The molecule has 0 aliphatic carbocycles. The Hall–Kier alpha value is 1.31. The van der Waals surface area contributed by atoms with Crippen LogP contribution < -0.4 is 0 Å². The minimum atomic E-state index is -2.15. The van der Waals surface area contributed by atoms with Crippen molar-refractivity contribution in [1.29, 1.82) is 0 Å². The summed E-state index contributed by atoms with van der Waals surface area (Å²) >= 11 is 13.5. The van der Waals surface area contributed by atoms with E-state index in [2.05, 4.69) is 40.8 Å². The quantitative estimate of drug-likeness (QED) is 0.415. The molecule has 0 bridgehead atoms. The third kappa shape index (κ3) is 5.31. The summed E-state index contributed by atoms with van der Waals surface area (Å²) in [4.78, 5) is 0. The summed E-state index contributed by atoms with van der Waals surface area (Å²) in [6, 6.07) is 0. The fourth-order valence-electron chi connectivity index (χ4n) is 0. The van der Waals surface area contributed by atoms with E-state index in [1.165, 1.54) is 7.11 Å². The second-order valence-corrected chi connectivity index (χ2v) is 8.60. The van der Waals surface area contributed by atoms with E-state index in [4.69, 9.17) is 0 Å². The topological polar surface area (TPSA) is 9.23 Å². The zero-order valence-electron chi connectivity index (χ0n) is 3.08. The first-order valence-electron chi connectivity index (χ1n) is 1.14. The Kier molecular flexibility index (Phi) is 3.14. The third-order valence-electron chi connectivity index (χ3n) is 0.224. The molecule has 0 aliphatic heterocycles. The molecule has 0 fully saturated rings. The van der Waals surface area contributed by atoms with Crippen LogP contribution in [0.4, 0.5) is 0 Å². The average Bonchev–Trinajstić information content (AvgIpc) is 1.35. The highest BCUT2D eigenvalue weighted by Gasteiger charge is 1.64. The van der Waals surface area contributed by atoms with Crippen LogP contribution in [0.25, 0.3) is 0 Å². The van der Waals surface area contributed by atoms with E-state index in [9.17, 15) is 0 Å². The molecular formula is CH3OPS3-2. The van der Waals surface area contributed by atoms with Crippen LogP contribution >= 0.6 is 4.67 Å². The van der Waals surface area contributed by atoms with Gasteiger partial charge >= 0.3 is 0 Å². The highest BCUT2D eigenvalue weighted by atomic mass is 33.2. The molecule has 0 N–H and O–H groups in total. The number of hydrogen-bond donors (Lipinski definition) is 0. The molecule has 1 nitrogen and oxygen atoms in total. The summed E-state index contributed by atoms with van der Waals surface area (Å²) in [5.41, 5.74) is 0. The van der Waals surface area contributed by atoms with Crippen LogP contribution in [-0.4, -0.2) is 7.11 Å². The van der Waals surface area contributed by atoms with Crippen LogP contribution in [0.1, 0.15) is 0 Å². The molecule has 38 valence electrons. The molecule has 0 unspecified atom stereocenters. The molecule has 0 radical (unpaired) electrons. The standard InChI is InChI=1S/CH5OPS3/c1-2-3(4,5)6/h1H3,(H2,4,5,6)/p-2. The molecule has 0 aromatic carbocycles. The summed E-state index contributed by atoms with van der Waals surface area (Å²) in [7, 11) is 1.45. The highest BCUT2D eigenvalue weighted by molar-refractivity contribution is 8.80. The molecule has 0 aromatic rings. The van der Waals surface area contributed by atoms with E-state index in [0.29, 0.717) is 0 Å². The molecule has 0 spiro atoms. The van der Waals surface area contributed by atoms with Gasteiger partial charge in [0.25, 0.3) is 0 Å². The third-order valence-corrected chi connectivity index (χ3v) is 2.01. The SMILES string of the molecule is COP(=S)([S-])[S-]. The Morgan fingerprint density at radius 2 is 1.83 bits per heavy atom. The van der Waals surface area contributed by atoms with Crippen molar-refractivity contribution < 1.29 is 4.52 Å². The molecule has 0 aliphatic rings. The van der Waals surface area contributed by atoms with E-state index in [1.807, 2.05) is 0 Å². The maximum Gasteiger partial charge on any atom is 0.0358 e. The Labute approximate surface area is 52.9 Å². The molecule has 0 atom stereocenters. The Balaban J connectivity index is 3.48. The fourth-order valence-corrected chi connectivity index (χ4v) is 0. The van der Waals surface area contributed by atoms with Crippen molar-refractivity contribution in [3.63, 3.8) is 0 Å². The molecule has 0 saturated carbocycles. The second-order valence-electron chi connectivity index (χ2n) is 0.630. The minimum Gasteiger partial charge on any atom is -0.744 e. The molecule has 0 saturated heterocycles.